The summed E-state index contributed by atoms with van der Waals surface area (Å²) >= 11 is 6.24. The van der Waals surface area contributed by atoms with Crippen molar-refractivity contribution in [1.82, 2.24) is 15.3 Å². The van der Waals surface area contributed by atoms with Crippen molar-refractivity contribution in [3.05, 3.63) is 35.5 Å². The number of anilines is 2. The van der Waals surface area contributed by atoms with Gasteiger partial charge in [-0.05, 0) is 62.9 Å². The lowest BCUT2D eigenvalue weighted by molar-refractivity contribution is -0.105. The number of hydrogen-bond acceptors (Lipinski definition) is 5. The molecule has 3 N–H and O–H groups in total. The Morgan fingerprint density at radius 2 is 1.83 bits per heavy atom. The molecule has 0 aromatic carbocycles. The third kappa shape index (κ3) is 7.26. The fourth-order valence-corrected chi connectivity index (χ4v) is 4.10. The number of pyridine rings is 2. The molecule has 0 spiro atoms. The molecule has 7 heteroatoms. The highest BCUT2D eigenvalue weighted by Gasteiger charge is 2.13. The Hall–Kier alpha value is -2.18. The van der Waals surface area contributed by atoms with Gasteiger partial charge < -0.3 is 16.0 Å². The predicted molar refractivity (Wildman–Crippen MR) is 124 cm³/mol. The highest BCUT2D eigenvalue weighted by atomic mass is 35.5. The van der Waals surface area contributed by atoms with Gasteiger partial charge in [-0.25, -0.2) is 9.97 Å². The molecular weight excluding hydrogens is 398 g/mol. The molecule has 6 nitrogen and oxygen atoms in total. The molecule has 1 saturated carbocycles. The van der Waals surface area contributed by atoms with Crippen molar-refractivity contribution >= 4 is 29.6 Å². The van der Waals surface area contributed by atoms with Gasteiger partial charge >= 0.3 is 0 Å². The first-order valence-corrected chi connectivity index (χ1v) is 11.4. The van der Waals surface area contributed by atoms with E-state index in [1.165, 1.54) is 70.7 Å². The number of nitrogens with one attached hydrogen (secondary N) is 3. The van der Waals surface area contributed by atoms with Crippen molar-refractivity contribution in [3.63, 3.8) is 0 Å². The molecule has 4 rings (SSSR count). The van der Waals surface area contributed by atoms with Crippen LogP contribution in [0.2, 0.25) is 5.02 Å². The summed E-state index contributed by atoms with van der Waals surface area (Å²) < 4.78 is 0. The van der Waals surface area contributed by atoms with Crippen molar-refractivity contribution in [2.24, 2.45) is 5.92 Å². The summed E-state index contributed by atoms with van der Waals surface area (Å²) in [6, 6.07) is 7.54. The minimum Gasteiger partial charge on any atom is -0.370 e. The lowest BCUT2D eigenvalue weighted by atomic mass is 9.89. The van der Waals surface area contributed by atoms with Crippen LogP contribution in [0.1, 0.15) is 51.4 Å². The standard InChI is InChI=1S/C18H21ClN4O.C5H11N/c19-15-11-21-18(22-12-24)9-14(15)16-7-4-8-17(23-16)20-10-13-5-2-1-3-6-13;1-2-4-6-5-3-1/h4,7-9,11-13H,1-3,5-6,10H2,(H,20,23)(H,21,22,24);6H,1-5H2. The maximum Gasteiger partial charge on any atom is 0.212 e. The van der Waals surface area contributed by atoms with Gasteiger partial charge in [0.1, 0.15) is 11.6 Å². The summed E-state index contributed by atoms with van der Waals surface area (Å²) in [5.74, 6) is 2.03. The summed E-state index contributed by atoms with van der Waals surface area (Å²) in [6.45, 7) is 3.46. The van der Waals surface area contributed by atoms with Gasteiger partial charge in [-0.3, -0.25) is 4.79 Å². The van der Waals surface area contributed by atoms with Gasteiger partial charge in [0, 0.05) is 18.3 Å². The van der Waals surface area contributed by atoms with Crippen LogP contribution in [-0.4, -0.2) is 36.0 Å². The number of piperidine rings is 1. The number of amides is 1. The van der Waals surface area contributed by atoms with Crippen molar-refractivity contribution in [3.8, 4) is 11.3 Å². The van der Waals surface area contributed by atoms with Gasteiger partial charge in [0.05, 0.1) is 10.7 Å². The fourth-order valence-electron chi connectivity index (χ4n) is 3.90. The van der Waals surface area contributed by atoms with Crippen LogP contribution < -0.4 is 16.0 Å². The second-order valence-corrected chi connectivity index (χ2v) is 8.32. The molecule has 2 fully saturated rings. The SMILES string of the molecule is C1CCNCC1.O=CNc1cc(-c2cccc(NCC3CCCCC3)n2)c(Cl)cn1. The predicted octanol–water partition coefficient (Wildman–Crippen LogP) is 5.12. The van der Waals surface area contributed by atoms with E-state index in [4.69, 9.17) is 11.6 Å². The molecule has 0 radical (unpaired) electrons. The van der Waals surface area contributed by atoms with Gasteiger partial charge in [0.2, 0.25) is 6.41 Å². The maximum absolute atomic E-state index is 10.6. The molecule has 1 saturated heterocycles. The average molecular weight is 430 g/mol. The van der Waals surface area contributed by atoms with Crippen LogP contribution in [0.15, 0.2) is 30.5 Å². The molecule has 1 aliphatic heterocycles. The van der Waals surface area contributed by atoms with Gasteiger partial charge in [0.25, 0.3) is 0 Å². The van der Waals surface area contributed by atoms with E-state index in [0.717, 1.165) is 29.5 Å². The minimum absolute atomic E-state index is 0.451. The quantitative estimate of drug-likeness (QED) is 0.555. The van der Waals surface area contributed by atoms with Crippen LogP contribution in [0.5, 0.6) is 0 Å². The van der Waals surface area contributed by atoms with E-state index in [1.807, 2.05) is 18.2 Å². The van der Waals surface area contributed by atoms with Gasteiger partial charge in [-0.15, -0.1) is 0 Å². The summed E-state index contributed by atoms with van der Waals surface area (Å²) in [5, 5.41) is 9.76. The lowest BCUT2D eigenvalue weighted by Crippen LogP contribution is -2.21. The van der Waals surface area contributed by atoms with Crippen LogP contribution in [-0.2, 0) is 4.79 Å². The largest absolute Gasteiger partial charge is 0.370 e. The monoisotopic (exact) mass is 429 g/mol. The Bertz CT molecular complexity index is 779. The van der Waals surface area contributed by atoms with Crippen LogP contribution in [0, 0.1) is 5.92 Å². The Morgan fingerprint density at radius 3 is 2.50 bits per heavy atom. The number of carbonyl (C=O) groups is 1. The average Bonchev–Trinajstić information content (AvgIpc) is 2.81. The smallest absolute Gasteiger partial charge is 0.212 e. The number of rotatable bonds is 6. The number of carbonyl (C=O) groups excluding carboxylic acids is 1. The molecule has 162 valence electrons. The van der Waals surface area contributed by atoms with Crippen LogP contribution >= 0.6 is 11.6 Å². The third-order valence-corrected chi connectivity index (χ3v) is 5.89. The molecule has 1 amide bonds. The summed E-state index contributed by atoms with van der Waals surface area (Å²) in [7, 11) is 0. The van der Waals surface area contributed by atoms with E-state index >= 15 is 0 Å². The van der Waals surface area contributed by atoms with Crippen molar-refractivity contribution < 1.29 is 4.79 Å². The zero-order valence-corrected chi connectivity index (χ0v) is 18.3. The summed E-state index contributed by atoms with van der Waals surface area (Å²) in [6.07, 6.45) is 12.9. The van der Waals surface area contributed by atoms with Crippen LogP contribution in [0.3, 0.4) is 0 Å². The van der Waals surface area contributed by atoms with E-state index in [2.05, 4.69) is 25.9 Å². The molecule has 2 aromatic heterocycles. The number of nitrogens with zero attached hydrogens (tertiary/aromatic N) is 2. The fraction of sp³-hybridized carbons (Fsp3) is 0.522. The Balaban J connectivity index is 0.000000367. The molecule has 0 unspecified atom stereocenters. The minimum atomic E-state index is 0.451. The summed E-state index contributed by atoms with van der Waals surface area (Å²) in [4.78, 5) is 19.3. The molecule has 1 aliphatic carbocycles. The molecule has 0 atom stereocenters. The topological polar surface area (TPSA) is 78.9 Å². The van der Waals surface area contributed by atoms with E-state index in [0.29, 0.717) is 17.3 Å². The maximum atomic E-state index is 10.6. The first-order valence-electron chi connectivity index (χ1n) is 11.0. The van der Waals surface area contributed by atoms with Gasteiger partial charge in [-0.2, -0.15) is 0 Å². The third-order valence-electron chi connectivity index (χ3n) is 5.59. The lowest BCUT2D eigenvalue weighted by Gasteiger charge is -2.22. The zero-order chi connectivity index (χ0) is 21.0. The van der Waals surface area contributed by atoms with Crippen LogP contribution in [0.25, 0.3) is 11.3 Å². The normalized spacial score (nSPS) is 16.8. The number of aromatic nitrogens is 2. The molecule has 2 aromatic rings. The first kappa shape index (κ1) is 22.5. The molecular formula is C23H32ClN5O. The van der Waals surface area contributed by atoms with Crippen molar-refractivity contribution in [1.29, 1.82) is 0 Å². The van der Waals surface area contributed by atoms with Crippen LogP contribution in [0.4, 0.5) is 11.6 Å². The second-order valence-electron chi connectivity index (χ2n) is 7.92. The van der Waals surface area contributed by atoms with E-state index in [1.54, 1.807) is 6.07 Å². The van der Waals surface area contributed by atoms with E-state index < -0.39 is 0 Å². The highest BCUT2D eigenvalue weighted by molar-refractivity contribution is 6.33. The van der Waals surface area contributed by atoms with E-state index in [-0.39, 0.29) is 0 Å². The zero-order valence-electron chi connectivity index (χ0n) is 17.5. The Morgan fingerprint density at radius 1 is 1.07 bits per heavy atom. The number of hydrogen-bond donors (Lipinski definition) is 3. The highest BCUT2D eigenvalue weighted by Crippen LogP contribution is 2.29. The Labute approximate surface area is 184 Å². The Kier molecular flexibility index (Phi) is 9.38. The molecule has 3 heterocycles. The van der Waals surface area contributed by atoms with Gasteiger partial charge in [-0.1, -0.05) is 43.4 Å². The molecule has 0 bridgehead atoms. The van der Waals surface area contributed by atoms with E-state index in [9.17, 15) is 4.79 Å². The number of halogens is 1. The molecule has 2 aliphatic rings. The second kappa shape index (κ2) is 12.5. The molecule has 30 heavy (non-hydrogen) atoms. The first-order chi connectivity index (χ1) is 14.8. The summed E-state index contributed by atoms with van der Waals surface area (Å²) in [5.41, 5.74) is 1.50. The van der Waals surface area contributed by atoms with Crippen molar-refractivity contribution in [2.45, 2.75) is 51.4 Å². The van der Waals surface area contributed by atoms with Crippen molar-refractivity contribution in [2.75, 3.05) is 30.3 Å². The van der Waals surface area contributed by atoms with Gasteiger partial charge in [0.15, 0.2) is 0 Å².